The summed E-state index contributed by atoms with van der Waals surface area (Å²) in [5.74, 6) is 0.695. The van der Waals surface area contributed by atoms with Crippen LogP contribution in [0, 0.1) is 19.8 Å². The zero-order valence-corrected chi connectivity index (χ0v) is 18.3. The van der Waals surface area contributed by atoms with E-state index in [-0.39, 0.29) is 0 Å². The number of fused-ring (bicyclic) bond motifs is 1. The quantitative estimate of drug-likeness (QED) is 0.479. The minimum atomic E-state index is 0.695. The minimum Gasteiger partial charge on any atom is -0.0949 e. The number of hydrogen-bond donors (Lipinski definition) is 0. The molecule has 148 valence electrons. The number of rotatable bonds is 6. The maximum Gasteiger partial charge on any atom is -0.00137 e. The summed E-state index contributed by atoms with van der Waals surface area (Å²) in [6, 6.07) is 13.6. The van der Waals surface area contributed by atoms with Gasteiger partial charge in [0.15, 0.2) is 0 Å². The van der Waals surface area contributed by atoms with Crippen LogP contribution in [0.15, 0.2) is 71.8 Å². The number of benzene rings is 2. The molecule has 4 rings (SSSR count). The first-order chi connectivity index (χ1) is 13.9. The van der Waals surface area contributed by atoms with Crippen LogP contribution >= 0.6 is 0 Å². The largest absolute Gasteiger partial charge is 0.0949 e. The van der Waals surface area contributed by atoms with Crippen LogP contribution in [-0.2, 0) is 12.8 Å². The van der Waals surface area contributed by atoms with E-state index in [1.54, 1.807) is 0 Å². The summed E-state index contributed by atoms with van der Waals surface area (Å²) in [5.41, 5.74) is 13.9. The van der Waals surface area contributed by atoms with Gasteiger partial charge in [0.25, 0.3) is 0 Å². The van der Waals surface area contributed by atoms with Crippen LogP contribution in [0.1, 0.15) is 60.1 Å². The molecule has 0 heterocycles. The van der Waals surface area contributed by atoms with Gasteiger partial charge in [-0.05, 0) is 101 Å². The zero-order valence-electron chi connectivity index (χ0n) is 18.3. The topological polar surface area (TPSA) is 0 Å². The third-order valence-electron chi connectivity index (χ3n) is 6.18. The van der Waals surface area contributed by atoms with Gasteiger partial charge in [-0.1, -0.05) is 75.1 Å². The van der Waals surface area contributed by atoms with Crippen molar-refractivity contribution in [3.05, 3.63) is 105 Å². The molecule has 0 unspecified atom stereocenters. The molecule has 0 aliphatic heterocycles. The predicted molar refractivity (Wildman–Crippen MR) is 127 cm³/mol. The summed E-state index contributed by atoms with van der Waals surface area (Å²) in [5, 5.41) is 0. The first kappa shape index (κ1) is 19.7. The molecule has 0 fully saturated rings. The van der Waals surface area contributed by atoms with Crippen LogP contribution < -0.4 is 0 Å². The van der Waals surface area contributed by atoms with Gasteiger partial charge in [0.2, 0.25) is 0 Å². The van der Waals surface area contributed by atoms with Crippen molar-refractivity contribution in [2.45, 2.75) is 53.4 Å². The summed E-state index contributed by atoms with van der Waals surface area (Å²) < 4.78 is 0. The van der Waals surface area contributed by atoms with Gasteiger partial charge in [-0.2, -0.15) is 0 Å². The molecule has 2 aliphatic carbocycles. The molecule has 0 N–H and O–H groups in total. The third kappa shape index (κ3) is 4.08. The fourth-order valence-corrected chi connectivity index (χ4v) is 4.91. The van der Waals surface area contributed by atoms with Gasteiger partial charge in [-0.15, -0.1) is 0 Å². The monoisotopic (exact) mass is 380 g/mol. The zero-order chi connectivity index (χ0) is 20.5. The minimum absolute atomic E-state index is 0.695. The SMILES string of the molecule is C=C(CC1=CCC=C1C1=Cc2cc(CC(C)C)ccc2C1)c1c(C)cccc1C. The highest BCUT2D eigenvalue weighted by atomic mass is 14.3. The van der Waals surface area contributed by atoms with E-state index in [0.717, 1.165) is 25.7 Å². The number of hydrogen-bond acceptors (Lipinski definition) is 0. The Labute approximate surface area is 176 Å². The van der Waals surface area contributed by atoms with Crippen LogP contribution in [0.25, 0.3) is 11.6 Å². The molecular formula is C29H32. The lowest BCUT2D eigenvalue weighted by Gasteiger charge is -2.16. The Morgan fingerprint density at radius 2 is 1.79 bits per heavy atom. The molecule has 0 spiro atoms. The van der Waals surface area contributed by atoms with Crippen molar-refractivity contribution in [1.29, 1.82) is 0 Å². The van der Waals surface area contributed by atoms with Crippen LogP contribution in [0.5, 0.6) is 0 Å². The van der Waals surface area contributed by atoms with Crippen LogP contribution in [0.3, 0.4) is 0 Å². The van der Waals surface area contributed by atoms with Crippen LogP contribution in [0.4, 0.5) is 0 Å². The van der Waals surface area contributed by atoms with Gasteiger partial charge in [0, 0.05) is 0 Å². The average Bonchev–Trinajstić information content (AvgIpc) is 3.27. The lowest BCUT2D eigenvalue weighted by molar-refractivity contribution is 0.647. The molecule has 0 radical (unpaired) electrons. The maximum atomic E-state index is 4.46. The molecule has 0 atom stereocenters. The molecule has 2 aliphatic rings. The second-order valence-corrected chi connectivity index (χ2v) is 9.11. The van der Waals surface area contributed by atoms with Gasteiger partial charge in [-0.25, -0.2) is 0 Å². The van der Waals surface area contributed by atoms with Gasteiger partial charge >= 0.3 is 0 Å². The molecule has 29 heavy (non-hydrogen) atoms. The Bertz CT molecular complexity index is 1030. The molecular weight excluding hydrogens is 348 g/mol. The van der Waals surface area contributed by atoms with E-state index in [1.165, 1.54) is 55.7 Å². The van der Waals surface area contributed by atoms with Crippen molar-refractivity contribution in [2.75, 3.05) is 0 Å². The lowest BCUT2D eigenvalue weighted by Crippen LogP contribution is -1.97. The average molecular weight is 381 g/mol. The van der Waals surface area contributed by atoms with E-state index >= 15 is 0 Å². The van der Waals surface area contributed by atoms with E-state index in [2.05, 4.69) is 88.9 Å². The molecule has 0 saturated carbocycles. The van der Waals surface area contributed by atoms with Gasteiger partial charge < -0.3 is 0 Å². The van der Waals surface area contributed by atoms with Crippen molar-refractivity contribution in [1.82, 2.24) is 0 Å². The van der Waals surface area contributed by atoms with Crippen molar-refractivity contribution < 1.29 is 0 Å². The van der Waals surface area contributed by atoms with Gasteiger partial charge in [-0.3, -0.25) is 0 Å². The number of aryl methyl sites for hydroxylation is 2. The first-order valence-electron chi connectivity index (χ1n) is 10.9. The predicted octanol–water partition coefficient (Wildman–Crippen LogP) is 7.80. The fraction of sp³-hybridized carbons (Fsp3) is 0.310. The molecule has 0 bridgehead atoms. The van der Waals surface area contributed by atoms with Crippen molar-refractivity contribution in [2.24, 2.45) is 5.92 Å². The van der Waals surface area contributed by atoms with Gasteiger partial charge in [0.1, 0.15) is 0 Å². The highest BCUT2D eigenvalue weighted by Gasteiger charge is 2.21. The second-order valence-electron chi connectivity index (χ2n) is 9.11. The van der Waals surface area contributed by atoms with Crippen LogP contribution in [-0.4, -0.2) is 0 Å². The van der Waals surface area contributed by atoms with E-state index in [1.807, 2.05) is 0 Å². The molecule has 2 aromatic rings. The summed E-state index contributed by atoms with van der Waals surface area (Å²) in [6.07, 6.45) is 11.4. The molecule has 0 amide bonds. The second kappa shape index (κ2) is 8.03. The Balaban J connectivity index is 1.54. The summed E-state index contributed by atoms with van der Waals surface area (Å²) >= 11 is 0. The van der Waals surface area contributed by atoms with Crippen LogP contribution in [0.2, 0.25) is 0 Å². The fourth-order valence-electron chi connectivity index (χ4n) is 4.91. The van der Waals surface area contributed by atoms with Gasteiger partial charge in [0.05, 0.1) is 0 Å². The maximum absolute atomic E-state index is 4.46. The van der Waals surface area contributed by atoms with E-state index in [0.29, 0.717) is 5.92 Å². The smallest absolute Gasteiger partial charge is 0.00137 e. The summed E-state index contributed by atoms with van der Waals surface area (Å²) in [6.45, 7) is 13.4. The molecule has 0 aromatic heterocycles. The Morgan fingerprint density at radius 1 is 1.03 bits per heavy atom. The number of allylic oxidation sites excluding steroid dienone is 6. The van der Waals surface area contributed by atoms with Crippen molar-refractivity contribution in [3.63, 3.8) is 0 Å². The van der Waals surface area contributed by atoms with E-state index in [4.69, 9.17) is 0 Å². The van der Waals surface area contributed by atoms with E-state index < -0.39 is 0 Å². The Kier molecular flexibility index (Phi) is 5.46. The molecule has 0 nitrogen and oxygen atoms in total. The lowest BCUT2D eigenvalue weighted by atomic mass is 9.89. The highest BCUT2D eigenvalue weighted by molar-refractivity contribution is 5.76. The molecule has 0 heteroatoms. The Hall–Kier alpha value is -2.60. The summed E-state index contributed by atoms with van der Waals surface area (Å²) in [4.78, 5) is 0. The van der Waals surface area contributed by atoms with E-state index in [9.17, 15) is 0 Å². The molecule has 2 aromatic carbocycles. The summed E-state index contributed by atoms with van der Waals surface area (Å²) in [7, 11) is 0. The van der Waals surface area contributed by atoms with Crippen molar-refractivity contribution in [3.8, 4) is 0 Å². The van der Waals surface area contributed by atoms with Crippen molar-refractivity contribution >= 4 is 11.6 Å². The highest BCUT2D eigenvalue weighted by Crippen LogP contribution is 2.39. The third-order valence-corrected chi connectivity index (χ3v) is 6.18. The first-order valence-corrected chi connectivity index (χ1v) is 10.9. The normalized spacial score (nSPS) is 15.3. The molecule has 0 saturated heterocycles. The standard InChI is InChI=1S/C29H32/c1-19(2)14-23-12-13-24-17-27(18-26(24)16-23)28-11-7-10-25(28)15-22(5)29-20(3)8-6-9-21(29)4/h6,8-13,16,18-19H,5,7,14-15,17H2,1-4H3. The Morgan fingerprint density at radius 3 is 2.52 bits per heavy atom.